The summed E-state index contributed by atoms with van der Waals surface area (Å²) in [6.07, 6.45) is -0.882. The normalized spacial score (nSPS) is 13.4. The molecule has 0 aromatic carbocycles. The van der Waals surface area contributed by atoms with E-state index in [0.29, 0.717) is 6.61 Å². The van der Waals surface area contributed by atoms with Crippen LogP contribution in [0.25, 0.3) is 0 Å². The van der Waals surface area contributed by atoms with Crippen LogP contribution in [0.1, 0.15) is 20.3 Å². The summed E-state index contributed by atoms with van der Waals surface area (Å²) in [7, 11) is 0. The molecule has 0 rings (SSSR count). The molecule has 0 aliphatic rings. The highest BCUT2D eigenvalue weighted by atomic mass is 16.5. The van der Waals surface area contributed by atoms with Crippen LogP contribution in [0.5, 0.6) is 0 Å². The second kappa shape index (κ2) is 8.29. The van der Waals surface area contributed by atoms with E-state index in [1.54, 1.807) is 6.92 Å². The van der Waals surface area contributed by atoms with Gasteiger partial charge in [0.25, 0.3) is 0 Å². The van der Waals surface area contributed by atoms with Gasteiger partial charge in [-0.2, -0.15) is 0 Å². The van der Waals surface area contributed by atoms with Gasteiger partial charge in [-0.15, -0.1) is 0 Å². The van der Waals surface area contributed by atoms with Crippen LogP contribution in [-0.4, -0.2) is 53.5 Å². The van der Waals surface area contributed by atoms with E-state index in [-0.39, 0.29) is 12.6 Å². The number of carbonyl (C=O) groups excluding carboxylic acids is 1. The highest BCUT2D eigenvalue weighted by Gasteiger charge is 2.22. The Balaban J connectivity index is 4.10. The summed E-state index contributed by atoms with van der Waals surface area (Å²) < 4.78 is 5.16. The lowest BCUT2D eigenvalue weighted by Gasteiger charge is -2.15. The number of hydrogen-bond acceptors (Lipinski definition) is 4. The van der Waals surface area contributed by atoms with Gasteiger partial charge in [-0.1, -0.05) is 0 Å². The van der Waals surface area contributed by atoms with Gasteiger partial charge in [0.05, 0.1) is 12.5 Å². The third-order valence-corrected chi connectivity index (χ3v) is 1.98. The number of urea groups is 1. The maximum absolute atomic E-state index is 11.3. The van der Waals surface area contributed by atoms with Gasteiger partial charge in [0.2, 0.25) is 0 Å². The molecule has 0 radical (unpaired) electrons. The SMILES string of the molecule is CCOC(C)CNC(=O)NC(CC(=O)O)C(=O)O. The minimum absolute atomic E-state index is 0.205. The number of nitrogens with one attached hydrogen (secondary N) is 2. The largest absolute Gasteiger partial charge is 0.481 e. The molecule has 0 bridgehead atoms. The quantitative estimate of drug-likeness (QED) is 0.473. The van der Waals surface area contributed by atoms with Gasteiger partial charge in [-0.3, -0.25) is 4.79 Å². The first-order valence-electron chi connectivity index (χ1n) is 5.47. The van der Waals surface area contributed by atoms with Crippen LogP contribution in [0.3, 0.4) is 0 Å². The summed E-state index contributed by atoms with van der Waals surface area (Å²) >= 11 is 0. The van der Waals surface area contributed by atoms with Crippen molar-refractivity contribution < 1.29 is 29.3 Å². The van der Waals surface area contributed by atoms with E-state index < -0.39 is 30.4 Å². The van der Waals surface area contributed by atoms with Crippen molar-refractivity contribution in [3.05, 3.63) is 0 Å². The number of aliphatic carboxylic acids is 2. The molecule has 18 heavy (non-hydrogen) atoms. The lowest BCUT2D eigenvalue weighted by atomic mass is 10.2. The molecule has 0 saturated heterocycles. The zero-order valence-corrected chi connectivity index (χ0v) is 10.3. The Bertz CT molecular complexity index is 307. The number of carboxylic acids is 2. The van der Waals surface area contributed by atoms with Crippen LogP contribution in [0.4, 0.5) is 4.79 Å². The molecule has 0 saturated carbocycles. The average Bonchev–Trinajstić information content (AvgIpc) is 2.25. The number of hydrogen-bond donors (Lipinski definition) is 4. The molecule has 0 aliphatic carbocycles. The Hall–Kier alpha value is -1.83. The summed E-state index contributed by atoms with van der Waals surface area (Å²) in [4.78, 5) is 32.4. The van der Waals surface area contributed by atoms with Crippen molar-refractivity contribution in [2.24, 2.45) is 0 Å². The lowest BCUT2D eigenvalue weighted by molar-refractivity contribution is -0.145. The van der Waals surface area contributed by atoms with E-state index in [1.165, 1.54) is 0 Å². The molecular formula is C10H18N2O6. The molecule has 0 aliphatic heterocycles. The van der Waals surface area contributed by atoms with Crippen LogP contribution in [0, 0.1) is 0 Å². The van der Waals surface area contributed by atoms with E-state index in [9.17, 15) is 14.4 Å². The van der Waals surface area contributed by atoms with Gasteiger partial charge in [-0.25, -0.2) is 9.59 Å². The summed E-state index contributed by atoms with van der Waals surface area (Å²) in [5.41, 5.74) is 0. The number of carboxylic acid groups (broad SMARTS) is 2. The van der Waals surface area contributed by atoms with Gasteiger partial charge >= 0.3 is 18.0 Å². The maximum Gasteiger partial charge on any atom is 0.326 e. The van der Waals surface area contributed by atoms with Crippen molar-refractivity contribution in [1.82, 2.24) is 10.6 Å². The van der Waals surface area contributed by atoms with Crippen molar-refractivity contribution >= 4 is 18.0 Å². The summed E-state index contributed by atoms with van der Waals surface area (Å²) in [6, 6.07) is -2.19. The van der Waals surface area contributed by atoms with Crippen LogP contribution in [0.2, 0.25) is 0 Å². The zero-order chi connectivity index (χ0) is 14.1. The molecule has 0 aromatic rings. The first-order valence-corrected chi connectivity index (χ1v) is 5.47. The van der Waals surface area contributed by atoms with Crippen molar-refractivity contribution in [1.29, 1.82) is 0 Å². The van der Waals surface area contributed by atoms with E-state index in [2.05, 4.69) is 10.6 Å². The first-order chi connectivity index (χ1) is 8.36. The average molecular weight is 262 g/mol. The second-order valence-corrected chi connectivity index (χ2v) is 3.61. The maximum atomic E-state index is 11.3. The summed E-state index contributed by atoms with van der Waals surface area (Å²) in [5.74, 6) is -2.70. The number of rotatable bonds is 8. The van der Waals surface area contributed by atoms with Crippen molar-refractivity contribution in [3.8, 4) is 0 Å². The topological polar surface area (TPSA) is 125 Å². The molecule has 2 unspecified atom stereocenters. The highest BCUT2D eigenvalue weighted by Crippen LogP contribution is 1.93. The van der Waals surface area contributed by atoms with Gasteiger partial charge < -0.3 is 25.6 Å². The fraction of sp³-hybridized carbons (Fsp3) is 0.700. The molecule has 8 heteroatoms. The van der Waals surface area contributed by atoms with Crippen molar-refractivity contribution in [2.75, 3.05) is 13.2 Å². The highest BCUT2D eigenvalue weighted by molar-refractivity contribution is 5.86. The number of carbonyl (C=O) groups is 3. The minimum atomic E-state index is -1.45. The Labute approximate surface area is 104 Å². The molecule has 8 nitrogen and oxygen atoms in total. The summed E-state index contributed by atoms with van der Waals surface area (Å²) in [6.45, 7) is 4.26. The van der Waals surface area contributed by atoms with Crippen molar-refractivity contribution in [3.63, 3.8) is 0 Å². The third kappa shape index (κ3) is 7.44. The van der Waals surface area contributed by atoms with E-state index in [1.807, 2.05) is 6.92 Å². The van der Waals surface area contributed by atoms with Gasteiger partial charge in [0.15, 0.2) is 0 Å². The Morgan fingerprint density at radius 2 is 1.89 bits per heavy atom. The van der Waals surface area contributed by atoms with Gasteiger partial charge in [0, 0.05) is 13.2 Å². The van der Waals surface area contributed by atoms with Crippen LogP contribution in [0.15, 0.2) is 0 Å². The van der Waals surface area contributed by atoms with E-state index >= 15 is 0 Å². The van der Waals surface area contributed by atoms with Crippen LogP contribution in [-0.2, 0) is 14.3 Å². The van der Waals surface area contributed by atoms with Crippen LogP contribution < -0.4 is 10.6 Å². The standard InChI is InChI=1S/C10H18N2O6/c1-3-18-6(2)5-11-10(17)12-7(9(15)16)4-8(13)14/h6-7H,3-5H2,1-2H3,(H,13,14)(H,15,16)(H2,11,12,17). The van der Waals surface area contributed by atoms with E-state index in [4.69, 9.17) is 14.9 Å². The molecule has 4 N–H and O–H groups in total. The fourth-order valence-corrected chi connectivity index (χ4v) is 1.16. The Kier molecular flexibility index (Phi) is 7.45. The summed E-state index contributed by atoms with van der Waals surface area (Å²) in [5, 5.41) is 21.6. The van der Waals surface area contributed by atoms with Crippen molar-refractivity contribution in [2.45, 2.75) is 32.4 Å². The second-order valence-electron chi connectivity index (χ2n) is 3.61. The molecule has 2 atom stereocenters. The molecule has 0 spiro atoms. The Morgan fingerprint density at radius 3 is 2.33 bits per heavy atom. The molecule has 104 valence electrons. The number of amides is 2. The monoisotopic (exact) mass is 262 g/mol. The number of ether oxygens (including phenoxy) is 1. The molecule has 2 amide bonds. The van der Waals surface area contributed by atoms with Gasteiger partial charge in [-0.05, 0) is 13.8 Å². The molecule has 0 fully saturated rings. The zero-order valence-electron chi connectivity index (χ0n) is 10.3. The van der Waals surface area contributed by atoms with Crippen LogP contribution >= 0.6 is 0 Å². The van der Waals surface area contributed by atoms with E-state index in [0.717, 1.165) is 0 Å². The fourth-order valence-electron chi connectivity index (χ4n) is 1.16. The minimum Gasteiger partial charge on any atom is -0.481 e. The third-order valence-electron chi connectivity index (χ3n) is 1.98. The molecule has 0 aromatic heterocycles. The predicted octanol–water partition coefficient (Wildman–Crippen LogP) is -0.361. The predicted molar refractivity (Wildman–Crippen MR) is 61.3 cm³/mol. The van der Waals surface area contributed by atoms with Gasteiger partial charge in [0.1, 0.15) is 6.04 Å². The Morgan fingerprint density at radius 1 is 1.28 bits per heavy atom. The molecule has 0 heterocycles. The smallest absolute Gasteiger partial charge is 0.326 e. The molecular weight excluding hydrogens is 244 g/mol. The lowest BCUT2D eigenvalue weighted by Crippen LogP contribution is -2.48. The first kappa shape index (κ1) is 16.2.